The number of rotatable bonds is 5. The van der Waals surface area contributed by atoms with Crippen molar-refractivity contribution in [3.8, 4) is 0 Å². The number of thioether (sulfide) groups is 1. The van der Waals surface area contributed by atoms with Gasteiger partial charge in [-0.1, -0.05) is 30.3 Å². The number of esters is 1. The lowest BCUT2D eigenvalue weighted by molar-refractivity contribution is 0.0522. The Morgan fingerprint density at radius 1 is 1.37 bits per heavy atom. The van der Waals surface area contributed by atoms with Gasteiger partial charge in [-0.15, -0.1) is 11.8 Å². The van der Waals surface area contributed by atoms with Gasteiger partial charge >= 0.3 is 5.97 Å². The molecule has 1 heterocycles. The number of carbonyl (C=O) groups is 1. The molecule has 2 aromatic rings. The van der Waals surface area contributed by atoms with Crippen LogP contribution in [0.2, 0.25) is 0 Å². The van der Waals surface area contributed by atoms with E-state index in [0.717, 1.165) is 10.8 Å². The van der Waals surface area contributed by atoms with Gasteiger partial charge in [-0.05, 0) is 12.5 Å². The monoisotopic (exact) mass is 276 g/mol. The maximum atomic E-state index is 11.8. The minimum atomic E-state index is -0.314. The summed E-state index contributed by atoms with van der Waals surface area (Å²) >= 11 is 1.59. The van der Waals surface area contributed by atoms with Gasteiger partial charge in [0, 0.05) is 12.8 Å². The van der Waals surface area contributed by atoms with E-state index in [1.807, 2.05) is 25.2 Å². The van der Waals surface area contributed by atoms with Crippen LogP contribution in [0.1, 0.15) is 22.8 Å². The number of aryl methyl sites for hydroxylation is 1. The van der Waals surface area contributed by atoms with Crippen LogP contribution in [0, 0.1) is 0 Å². The van der Waals surface area contributed by atoms with Crippen LogP contribution < -0.4 is 0 Å². The number of ether oxygens (including phenoxy) is 1. The van der Waals surface area contributed by atoms with Crippen molar-refractivity contribution >= 4 is 17.7 Å². The summed E-state index contributed by atoms with van der Waals surface area (Å²) in [7, 11) is 1.83. The van der Waals surface area contributed by atoms with Crippen LogP contribution in [0.3, 0.4) is 0 Å². The van der Waals surface area contributed by atoms with Crippen LogP contribution in [0.5, 0.6) is 0 Å². The van der Waals surface area contributed by atoms with Crippen molar-refractivity contribution in [2.24, 2.45) is 7.05 Å². The smallest absolute Gasteiger partial charge is 0.342 e. The first-order valence-corrected chi connectivity index (χ1v) is 7.06. The molecule has 0 aliphatic heterocycles. The Morgan fingerprint density at radius 2 is 2.11 bits per heavy atom. The number of aromatic nitrogens is 2. The quantitative estimate of drug-likeness (QED) is 0.622. The SMILES string of the molecule is CCOC(=O)c1cnn(C)c1SCc1ccccc1. The lowest BCUT2D eigenvalue weighted by Crippen LogP contribution is -2.05. The van der Waals surface area contributed by atoms with Crippen molar-refractivity contribution < 1.29 is 9.53 Å². The van der Waals surface area contributed by atoms with Gasteiger partial charge in [0.2, 0.25) is 0 Å². The molecule has 0 fully saturated rings. The molecule has 0 unspecified atom stereocenters. The molecule has 0 aliphatic rings. The third-order valence-electron chi connectivity index (χ3n) is 2.60. The molecular formula is C14H16N2O2S. The summed E-state index contributed by atoms with van der Waals surface area (Å²) in [6, 6.07) is 10.1. The van der Waals surface area contributed by atoms with Crippen molar-refractivity contribution in [1.82, 2.24) is 9.78 Å². The maximum Gasteiger partial charge on any atom is 0.342 e. The fourth-order valence-electron chi connectivity index (χ4n) is 1.67. The molecular weight excluding hydrogens is 260 g/mol. The summed E-state index contributed by atoms with van der Waals surface area (Å²) in [6.07, 6.45) is 1.56. The Morgan fingerprint density at radius 3 is 2.79 bits per heavy atom. The zero-order valence-electron chi connectivity index (χ0n) is 11.0. The minimum Gasteiger partial charge on any atom is -0.462 e. The van der Waals surface area contributed by atoms with Gasteiger partial charge in [0.15, 0.2) is 0 Å². The minimum absolute atomic E-state index is 0.314. The summed E-state index contributed by atoms with van der Waals surface area (Å²) < 4.78 is 6.74. The fourth-order valence-corrected chi connectivity index (χ4v) is 2.69. The highest BCUT2D eigenvalue weighted by Gasteiger charge is 2.17. The summed E-state index contributed by atoms with van der Waals surface area (Å²) in [4.78, 5) is 11.8. The van der Waals surface area contributed by atoms with E-state index in [2.05, 4.69) is 17.2 Å². The molecule has 0 N–H and O–H groups in total. The highest BCUT2D eigenvalue weighted by molar-refractivity contribution is 7.98. The van der Waals surface area contributed by atoms with Gasteiger partial charge in [0.25, 0.3) is 0 Å². The van der Waals surface area contributed by atoms with Gasteiger partial charge in [0.05, 0.1) is 12.8 Å². The molecule has 4 nitrogen and oxygen atoms in total. The van der Waals surface area contributed by atoms with E-state index in [4.69, 9.17) is 4.74 Å². The van der Waals surface area contributed by atoms with Crippen molar-refractivity contribution in [3.05, 3.63) is 47.7 Å². The highest BCUT2D eigenvalue weighted by Crippen LogP contribution is 2.26. The van der Waals surface area contributed by atoms with Crippen molar-refractivity contribution in [2.75, 3.05) is 6.61 Å². The number of hydrogen-bond acceptors (Lipinski definition) is 4. The van der Waals surface area contributed by atoms with E-state index < -0.39 is 0 Å². The normalized spacial score (nSPS) is 10.4. The van der Waals surface area contributed by atoms with Gasteiger partial charge in [-0.3, -0.25) is 4.68 Å². The van der Waals surface area contributed by atoms with Crippen molar-refractivity contribution in [1.29, 1.82) is 0 Å². The lowest BCUT2D eigenvalue weighted by atomic mass is 10.2. The van der Waals surface area contributed by atoms with E-state index in [-0.39, 0.29) is 5.97 Å². The Kier molecular flexibility index (Phi) is 4.63. The van der Waals surface area contributed by atoms with Crippen LogP contribution >= 0.6 is 11.8 Å². The van der Waals surface area contributed by atoms with Crippen LogP contribution in [-0.4, -0.2) is 22.4 Å². The average molecular weight is 276 g/mol. The second-order valence-corrected chi connectivity index (χ2v) is 4.95. The largest absolute Gasteiger partial charge is 0.462 e. The molecule has 0 aliphatic carbocycles. The third kappa shape index (κ3) is 3.38. The van der Waals surface area contributed by atoms with Crippen LogP contribution in [0.4, 0.5) is 0 Å². The number of hydrogen-bond donors (Lipinski definition) is 0. The molecule has 0 amide bonds. The van der Waals surface area contributed by atoms with E-state index in [9.17, 15) is 4.79 Å². The molecule has 0 spiro atoms. The molecule has 0 radical (unpaired) electrons. The predicted molar refractivity (Wildman–Crippen MR) is 75.2 cm³/mol. The highest BCUT2D eigenvalue weighted by atomic mass is 32.2. The zero-order valence-corrected chi connectivity index (χ0v) is 11.8. The van der Waals surface area contributed by atoms with Gasteiger partial charge in [-0.25, -0.2) is 4.79 Å². The molecule has 5 heteroatoms. The number of carbonyl (C=O) groups excluding carboxylic acids is 1. The average Bonchev–Trinajstić information content (AvgIpc) is 2.79. The summed E-state index contributed by atoms with van der Waals surface area (Å²) in [5.41, 5.74) is 1.74. The fraction of sp³-hybridized carbons (Fsp3) is 0.286. The standard InChI is InChI=1S/C14H16N2O2S/c1-3-18-14(17)12-9-15-16(2)13(12)19-10-11-7-5-4-6-8-11/h4-9H,3,10H2,1-2H3. The number of nitrogens with zero attached hydrogens (tertiary/aromatic N) is 2. The third-order valence-corrected chi connectivity index (χ3v) is 3.83. The molecule has 1 aromatic carbocycles. The Hall–Kier alpha value is -1.75. The first kappa shape index (κ1) is 13.7. The predicted octanol–water partition coefficient (Wildman–Crippen LogP) is 2.89. The van der Waals surface area contributed by atoms with Crippen molar-refractivity contribution in [2.45, 2.75) is 17.7 Å². The van der Waals surface area contributed by atoms with E-state index in [1.54, 1.807) is 29.6 Å². The van der Waals surface area contributed by atoms with Crippen LogP contribution in [0.15, 0.2) is 41.6 Å². The van der Waals surface area contributed by atoms with E-state index in [1.165, 1.54) is 5.56 Å². The lowest BCUT2D eigenvalue weighted by Gasteiger charge is -2.05. The first-order chi connectivity index (χ1) is 9.22. The molecule has 100 valence electrons. The van der Waals surface area contributed by atoms with Crippen LogP contribution in [0.25, 0.3) is 0 Å². The Labute approximate surface area is 116 Å². The molecule has 19 heavy (non-hydrogen) atoms. The Balaban J connectivity index is 2.11. The Bertz CT molecular complexity index is 552. The summed E-state index contributed by atoms with van der Waals surface area (Å²) in [5.74, 6) is 0.485. The van der Waals surface area contributed by atoms with Gasteiger partial charge in [-0.2, -0.15) is 5.10 Å². The van der Waals surface area contributed by atoms with Gasteiger partial charge < -0.3 is 4.74 Å². The molecule has 0 saturated carbocycles. The van der Waals surface area contributed by atoms with Crippen molar-refractivity contribution in [3.63, 3.8) is 0 Å². The van der Waals surface area contributed by atoms with E-state index in [0.29, 0.717) is 12.2 Å². The maximum absolute atomic E-state index is 11.8. The molecule has 2 rings (SSSR count). The molecule has 0 bridgehead atoms. The summed E-state index contributed by atoms with van der Waals surface area (Å²) in [5, 5.41) is 4.96. The molecule has 0 saturated heterocycles. The van der Waals surface area contributed by atoms with E-state index >= 15 is 0 Å². The number of benzene rings is 1. The zero-order chi connectivity index (χ0) is 13.7. The first-order valence-electron chi connectivity index (χ1n) is 6.08. The molecule has 0 atom stereocenters. The molecule has 1 aromatic heterocycles. The van der Waals surface area contributed by atoms with Gasteiger partial charge in [0.1, 0.15) is 10.6 Å². The second kappa shape index (κ2) is 6.43. The topological polar surface area (TPSA) is 44.1 Å². The second-order valence-electron chi connectivity index (χ2n) is 3.98. The summed E-state index contributed by atoms with van der Waals surface area (Å²) in [6.45, 7) is 2.17. The van der Waals surface area contributed by atoms with Crippen LogP contribution in [-0.2, 0) is 17.5 Å².